The quantitative estimate of drug-likeness (QED) is 0.816. The van der Waals surface area contributed by atoms with Gasteiger partial charge in [0.1, 0.15) is 0 Å². The Bertz CT molecular complexity index is 584. The van der Waals surface area contributed by atoms with Crippen molar-refractivity contribution in [3.63, 3.8) is 0 Å². The first-order valence-electron chi connectivity index (χ1n) is 5.85. The number of benzene rings is 1. The Hall–Kier alpha value is -2.74. The highest BCUT2D eigenvalue weighted by molar-refractivity contribution is 5.89. The average molecular weight is 254 g/mol. The molecule has 2 amide bonds. The number of urea groups is 1. The van der Waals surface area contributed by atoms with Crippen molar-refractivity contribution in [1.82, 2.24) is 14.9 Å². The fourth-order valence-corrected chi connectivity index (χ4v) is 1.58. The Morgan fingerprint density at radius 3 is 3.11 bits per heavy atom. The van der Waals surface area contributed by atoms with Crippen LogP contribution in [-0.2, 0) is 6.54 Å². The van der Waals surface area contributed by atoms with Crippen LogP contribution in [0.2, 0.25) is 0 Å². The van der Waals surface area contributed by atoms with Crippen molar-refractivity contribution < 1.29 is 4.79 Å². The molecular weight excluding hydrogens is 240 g/mol. The zero-order valence-corrected chi connectivity index (χ0v) is 10.3. The normalized spacial score (nSPS) is 9.63. The van der Waals surface area contributed by atoms with Crippen molar-refractivity contribution >= 4 is 11.7 Å². The van der Waals surface area contributed by atoms with Gasteiger partial charge in [-0.05, 0) is 18.2 Å². The van der Waals surface area contributed by atoms with Gasteiger partial charge >= 0.3 is 6.03 Å². The van der Waals surface area contributed by atoms with Gasteiger partial charge in [0.25, 0.3) is 0 Å². The molecule has 0 atom stereocenters. The van der Waals surface area contributed by atoms with E-state index in [2.05, 4.69) is 21.5 Å². The molecule has 2 aromatic rings. The minimum Gasteiger partial charge on any atom is -0.336 e. The Morgan fingerprint density at radius 1 is 1.47 bits per heavy atom. The Balaban J connectivity index is 1.79. The summed E-state index contributed by atoms with van der Waals surface area (Å²) in [6.07, 6.45) is 10.5. The SMILES string of the molecule is C#Cc1cccc(NC(=O)NCCn2ccnc2)c1. The van der Waals surface area contributed by atoms with Crippen LogP contribution in [0.4, 0.5) is 10.5 Å². The van der Waals surface area contributed by atoms with Crippen LogP contribution in [-0.4, -0.2) is 22.1 Å². The fourth-order valence-electron chi connectivity index (χ4n) is 1.58. The Kier molecular flexibility index (Phi) is 4.19. The standard InChI is InChI=1S/C14H14N4O/c1-2-12-4-3-5-13(10-12)17-14(19)16-7-9-18-8-6-15-11-18/h1,3-6,8,10-11H,7,9H2,(H2,16,17,19). The van der Waals surface area contributed by atoms with Crippen molar-refractivity contribution in [3.05, 3.63) is 48.5 Å². The van der Waals surface area contributed by atoms with Crippen LogP contribution in [0.3, 0.4) is 0 Å². The van der Waals surface area contributed by atoms with Gasteiger partial charge in [-0.2, -0.15) is 0 Å². The first-order chi connectivity index (χ1) is 9.28. The number of aromatic nitrogens is 2. The highest BCUT2D eigenvalue weighted by Crippen LogP contribution is 2.09. The van der Waals surface area contributed by atoms with Crippen LogP contribution in [0.25, 0.3) is 0 Å². The van der Waals surface area contributed by atoms with E-state index in [1.165, 1.54) is 0 Å². The second-order valence-corrected chi connectivity index (χ2v) is 3.91. The van der Waals surface area contributed by atoms with Gasteiger partial charge in [-0.25, -0.2) is 9.78 Å². The lowest BCUT2D eigenvalue weighted by Gasteiger charge is -2.08. The highest BCUT2D eigenvalue weighted by atomic mass is 16.2. The molecule has 1 aromatic carbocycles. The van der Waals surface area contributed by atoms with Crippen LogP contribution >= 0.6 is 0 Å². The summed E-state index contributed by atoms with van der Waals surface area (Å²) in [5, 5.41) is 5.48. The fraction of sp³-hybridized carbons (Fsp3) is 0.143. The monoisotopic (exact) mass is 254 g/mol. The van der Waals surface area contributed by atoms with Crippen LogP contribution in [0.15, 0.2) is 43.0 Å². The van der Waals surface area contributed by atoms with Gasteiger partial charge in [-0.15, -0.1) is 6.42 Å². The van der Waals surface area contributed by atoms with Gasteiger partial charge in [0.05, 0.1) is 6.33 Å². The molecule has 1 aromatic heterocycles. The number of nitrogens with one attached hydrogen (secondary N) is 2. The smallest absolute Gasteiger partial charge is 0.319 e. The summed E-state index contributed by atoms with van der Waals surface area (Å²) in [5.41, 5.74) is 1.41. The summed E-state index contributed by atoms with van der Waals surface area (Å²) in [6.45, 7) is 1.20. The largest absolute Gasteiger partial charge is 0.336 e. The molecule has 0 aliphatic rings. The van der Waals surface area contributed by atoms with E-state index in [0.29, 0.717) is 18.8 Å². The molecule has 19 heavy (non-hydrogen) atoms. The maximum absolute atomic E-state index is 11.6. The second kappa shape index (κ2) is 6.26. The molecule has 0 bridgehead atoms. The molecule has 0 aliphatic carbocycles. The lowest BCUT2D eigenvalue weighted by molar-refractivity contribution is 0.251. The molecule has 5 heteroatoms. The number of carbonyl (C=O) groups is 1. The van der Waals surface area contributed by atoms with E-state index in [1.807, 2.05) is 16.8 Å². The van der Waals surface area contributed by atoms with Crippen molar-refractivity contribution in [3.8, 4) is 12.3 Å². The van der Waals surface area contributed by atoms with E-state index >= 15 is 0 Å². The van der Waals surface area contributed by atoms with E-state index in [4.69, 9.17) is 6.42 Å². The number of imidazole rings is 1. The number of carbonyl (C=O) groups excluding carboxylic acids is 1. The van der Waals surface area contributed by atoms with E-state index in [0.717, 1.165) is 5.56 Å². The summed E-state index contributed by atoms with van der Waals surface area (Å²) in [4.78, 5) is 15.6. The minimum atomic E-state index is -0.255. The van der Waals surface area contributed by atoms with Gasteiger partial charge in [0.15, 0.2) is 0 Å². The molecule has 0 aliphatic heterocycles. The molecule has 5 nitrogen and oxygen atoms in total. The van der Waals surface area contributed by atoms with Gasteiger partial charge in [-0.3, -0.25) is 0 Å². The number of terminal acetylenes is 1. The highest BCUT2D eigenvalue weighted by Gasteiger charge is 2.01. The number of rotatable bonds is 4. The molecule has 0 radical (unpaired) electrons. The summed E-state index contributed by atoms with van der Waals surface area (Å²) < 4.78 is 1.89. The predicted molar refractivity (Wildman–Crippen MR) is 73.6 cm³/mol. The van der Waals surface area contributed by atoms with E-state index in [9.17, 15) is 4.79 Å². The zero-order valence-electron chi connectivity index (χ0n) is 10.3. The molecule has 2 rings (SSSR count). The van der Waals surface area contributed by atoms with Crippen molar-refractivity contribution in [2.75, 3.05) is 11.9 Å². The molecule has 0 fully saturated rings. The third kappa shape index (κ3) is 3.89. The Morgan fingerprint density at radius 2 is 2.37 bits per heavy atom. The van der Waals surface area contributed by atoms with Gasteiger partial charge in [0.2, 0.25) is 0 Å². The molecular formula is C14H14N4O. The topological polar surface area (TPSA) is 59.0 Å². The van der Waals surface area contributed by atoms with E-state index in [1.54, 1.807) is 30.7 Å². The number of anilines is 1. The summed E-state index contributed by atoms with van der Waals surface area (Å²) >= 11 is 0. The molecule has 1 heterocycles. The molecule has 96 valence electrons. The van der Waals surface area contributed by atoms with Gasteiger partial charge in [-0.1, -0.05) is 12.0 Å². The molecule has 0 spiro atoms. The maximum atomic E-state index is 11.6. The van der Waals surface area contributed by atoms with Crippen molar-refractivity contribution in [2.24, 2.45) is 0 Å². The molecule has 0 saturated carbocycles. The summed E-state index contributed by atoms with van der Waals surface area (Å²) in [6, 6.07) is 6.89. The van der Waals surface area contributed by atoms with Crippen molar-refractivity contribution in [2.45, 2.75) is 6.54 Å². The Labute approximate surface area is 111 Å². The first-order valence-corrected chi connectivity index (χ1v) is 5.85. The van der Waals surface area contributed by atoms with Gasteiger partial charge < -0.3 is 15.2 Å². The first kappa shape index (κ1) is 12.7. The average Bonchev–Trinajstić information content (AvgIpc) is 2.92. The summed E-state index contributed by atoms with van der Waals surface area (Å²) in [5.74, 6) is 2.52. The van der Waals surface area contributed by atoms with Crippen LogP contribution in [0.1, 0.15) is 5.56 Å². The lowest BCUT2D eigenvalue weighted by Crippen LogP contribution is -2.31. The lowest BCUT2D eigenvalue weighted by atomic mass is 10.2. The number of nitrogens with zero attached hydrogens (tertiary/aromatic N) is 2. The summed E-state index contributed by atoms with van der Waals surface area (Å²) in [7, 11) is 0. The van der Waals surface area contributed by atoms with Crippen molar-refractivity contribution in [1.29, 1.82) is 0 Å². The number of hydrogen-bond acceptors (Lipinski definition) is 2. The second-order valence-electron chi connectivity index (χ2n) is 3.91. The van der Waals surface area contributed by atoms with Gasteiger partial charge in [0, 0.05) is 36.7 Å². The maximum Gasteiger partial charge on any atom is 0.319 e. The number of amides is 2. The van der Waals surface area contributed by atoms with E-state index in [-0.39, 0.29) is 6.03 Å². The predicted octanol–water partition coefficient (Wildman–Crippen LogP) is 1.69. The molecule has 0 saturated heterocycles. The van der Waals surface area contributed by atoms with E-state index < -0.39 is 0 Å². The zero-order chi connectivity index (χ0) is 13.5. The third-order valence-corrected chi connectivity index (χ3v) is 2.50. The number of hydrogen-bond donors (Lipinski definition) is 2. The molecule has 0 unspecified atom stereocenters. The third-order valence-electron chi connectivity index (χ3n) is 2.50. The van der Waals surface area contributed by atoms with Crippen LogP contribution < -0.4 is 10.6 Å². The minimum absolute atomic E-state index is 0.255. The van der Waals surface area contributed by atoms with Crippen LogP contribution in [0.5, 0.6) is 0 Å². The van der Waals surface area contributed by atoms with Crippen LogP contribution in [0, 0.1) is 12.3 Å². The molecule has 2 N–H and O–H groups in total.